The molecule has 3 aliphatic rings. The standard InChI is InChI=1S/C20H23ClN2O2S/c21-16-5-3-15(4-6-16)17(14-1-2-14)12-24-18-19(23-26-22-18)25-20-9-7-13(11-20)8-10-20/h3-6,13-14,17H,1-2,7-12H2. The van der Waals surface area contributed by atoms with E-state index in [1.165, 1.54) is 49.4 Å². The van der Waals surface area contributed by atoms with Crippen molar-refractivity contribution >= 4 is 23.3 Å². The molecule has 2 bridgehead atoms. The minimum atomic E-state index is -0.00932. The molecule has 1 aromatic carbocycles. The fourth-order valence-corrected chi connectivity index (χ4v) is 5.25. The molecular weight excluding hydrogens is 368 g/mol. The van der Waals surface area contributed by atoms with E-state index in [1.54, 1.807) is 0 Å². The van der Waals surface area contributed by atoms with Crippen molar-refractivity contribution < 1.29 is 9.47 Å². The van der Waals surface area contributed by atoms with Crippen LogP contribution in [0.25, 0.3) is 0 Å². The van der Waals surface area contributed by atoms with Gasteiger partial charge in [-0.25, -0.2) is 0 Å². The zero-order chi connectivity index (χ0) is 17.6. The molecule has 0 saturated heterocycles. The first kappa shape index (κ1) is 16.8. The van der Waals surface area contributed by atoms with Crippen LogP contribution in [0.15, 0.2) is 24.3 Å². The monoisotopic (exact) mass is 390 g/mol. The summed E-state index contributed by atoms with van der Waals surface area (Å²) in [7, 11) is 0. The van der Waals surface area contributed by atoms with E-state index in [9.17, 15) is 0 Å². The molecule has 26 heavy (non-hydrogen) atoms. The van der Waals surface area contributed by atoms with Crippen molar-refractivity contribution in [2.75, 3.05) is 6.61 Å². The van der Waals surface area contributed by atoms with Crippen molar-refractivity contribution in [3.8, 4) is 11.8 Å². The first-order valence-corrected chi connectivity index (χ1v) is 10.7. The van der Waals surface area contributed by atoms with Gasteiger partial charge >= 0.3 is 0 Å². The summed E-state index contributed by atoms with van der Waals surface area (Å²) in [5, 5.41) is 0.772. The number of benzene rings is 1. The highest BCUT2D eigenvalue weighted by molar-refractivity contribution is 6.99. The molecule has 6 heteroatoms. The molecule has 0 N–H and O–H groups in total. The van der Waals surface area contributed by atoms with E-state index in [2.05, 4.69) is 20.9 Å². The van der Waals surface area contributed by atoms with Crippen molar-refractivity contribution in [3.63, 3.8) is 0 Å². The van der Waals surface area contributed by atoms with E-state index >= 15 is 0 Å². The summed E-state index contributed by atoms with van der Waals surface area (Å²) in [5.41, 5.74) is 1.28. The Labute approximate surface area is 163 Å². The molecule has 1 heterocycles. The fourth-order valence-electron chi connectivity index (χ4n) is 4.69. The van der Waals surface area contributed by atoms with Gasteiger partial charge in [0.1, 0.15) is 5.60 Å². The molecule has 3 fully saturated rings. The Morgan fingerprint density at radius 2 is 1.81 bits per heavy atom. The van der Waals surface area contributed by atoms with Crippen LogP contribution >= 0.6 is 23.3 Å². The van der Waals surface area contributed by atoms with Crippen molar-refractivity contribution in [1.82, 2.24) is 8.75 Å². The van der Waals surface area contributed by atoms with Crippen LogP contribution in [0, 0.1) is 11.8 Å². The average Bonchev–Trinajstić information content (AvgIpc) is 3.09. The third-order valence-electron chi connectivity index (χ3n) is 6.31. The van der Waals surface area contributed by atoms with Gasteiger partial charge in [0.05, 0.1) is 18.3 Å². The number of hydrogen-bond acceptors (Lipinski definition) is 5. The van der Waals surface area contributed by atoms with Gasteiger partial charge in [-0.05, 0) is 74.5 Å². The second kappa shape index (κ2) is 6.68. The molecule has 0 aliphatic heterocycles. The zero-order valence-electron chi connectivity index (χ0n) is 14.7. The number of nitrogens with zero attached hydrogens (tertiary/aromatic N) is 2. The quantitative estimate of drug-likeness (QED) is 0.628. The number of rotatable bonds is 7. The molecule has 1 aromatic heterocycles. The van der Waals surface area contributed by atoms with Gasteiger partial charge in [-0.2, -0.15) is 0 Å². The van der Waals surface area contributed by atoms with E-state index in [0.29, 0.717) is 30.2 Å². The SMILES string of the molecule is Clc1ccc(C(COc2nsnc2OC23CCC(CC2)C3)C2CC2)cc1. The summed E-state index contributed by atoms with van der Waals surface area (Å²) >= 11 is 7.22. The molecule has 1 unspecified atom stereocenters. The third kappa shape index (κ3) is 3.31. The van der Waals surface area contributed by atoms with E-state index in [4.69, 9.17) is 21.1 Å². The number of halogens is 1. The predicted molar refractivity (Wildman–Crippen MR) is 102 cm³/mol. The number of hydrogen-bond donors (Lipinski definition) is 0. The highest BCUT2D eigenvalue weighted by atomic mass is 35.5. The summed E-state index contributed by atoms with van der Waals surface area (Å²) in [6.45, 7) is 0.615. The topological polar surface area (TPSA) is 44.2 Å². The molecule has 0 spiro atoms. The lowest BCUT2D eigenvalue weighted by Gasteiger charge is -2.26. The van der Waals surface area contributed by atoms with Gasteiger partial charge in [0.2, 0.25) is 0 Å². The molecule has 0 amide bonds. The van der Waals surface area contributed by atoms with Gasteiger partial charge in [-0.15, -0.1) is 8.75 Å². The van der Waals surface area contributed by atoms with Crippen molar-refractivity contribution in [2.24, 2.45) is 11.8 Å². The molecule has 4 nitrogen and oxygen atoms in total. The lowest BCUT2D eigenvalue weighted by molar-refractivity contribution is 0.0700. The molecule has 3 saturated carbocycles. The minimum absolute atomic E-state index is 0.00932. The average molecular weight is 391 g/mol. The summed E-state index contributed by atoms with van der Waals surface area (Å²) < 4.78 is 21.2. The normalized spacial score (nSPS) is 28.3. The summed E-state index contributed by atoms with van der Waals surface area (Å²) in [6, 6.07) is 8.14. The summed E-state index contributed by atoms with van der Waals surface area (Å²) in [5.74, 6) is 3.08. The van der Waals surface area contributed by atoms with Crippen LogP contribution in [-0.2, 0) is 0 Å². The first-order valence-electron chi connectivity index (χ1n) is 9.61. The molecule has 5 rings (SSSR count). The van der Waals surface area contributed by atoms with Gasteiger partial charge in [0.15, 0.2) is 0 Å². The Balaban J connectivity index is 1.28. The number of aromatic nitrogens is 2. The second-order valence-electron chi connectivity index (χ2n) is 8.11. The van der Waals surface area contributed by atoms with Crippen LogP contribution < -0.4 is 9.47 Å². The smallest absolute Gasteiger partial charge is 0.291 e. The molecule has 2 aromatic rings. The van der Waals surface area contributed by atoms with Crippen LogP contribution in [0.2, 0.25) is 5.02 Å². The second-order valence-corrected chi connectivity index (χ2v) is 9.08. The maximum atomic E-state index is 6.35. The molecule has 138 valence electrons. The maximum Gasteiger partial charge on any atom is 0.291 e. The van der Waals surface area contributed by atoms with Crippen LogP contribution in [0.3, 0.4) is 0 Å². The van der Waals surface area contributed by atoms with E-state index in [0.717, 1.165) is 23.8 Å². The van der Waals surface area contributed by atoms with E-state index in [1.807, 2.05) is 12.1 Å². The van der Waals surface area contributed by atoms with Crippen LogP contribution in [0.5, 0.6) is 11.8 Å². The summed E-state index contributed by atoms with van der Waals surface area (Å²) in [4.78, 5) is 0. The van der Waals surface area contributed by atoms with E-state index in [-0.39, 0.29) is 5.60 Å². The first-order chi connectivity index (χ1) is 12.7. The number of ether oxygens (including phenoxy) is 2. The third-order valence-corrected chi connectivity index (χ3v) is 7.06. The van der Waals surface area contributed by atoms with Gasteiger partial charge in [0.25, 0.3) is 11.8 Å². The Kier molecular flexibility index (Phi) is 4.32. The largest absolute Gasteiger partial charge is 0.473 e. The Bertz CT molecular complexity index is 766. The Morgan fingerprint density at radius 1 is 1.08 bits per heavy atom. The van der Waals surface area contributed by atoms with Crippen molar-refractivity contribution in [3.05, 3.63) is 34.9 Å². The molecule has 1 atom stereocenters. The minimum Gasteiger partial charge on any atom is -0.473 e. The van der Waals surface area contributed by atoms with Gasteiger partial charge in [-0.3, -0.25) is 0 Å². The predicted octanol–water partition coefficient (Wildman–Crippen LogP) is 5.48. The lowest BCUT2D eigenvalue weighted by Crippen LogP contribution is -2.30. The van der Waals surface area contributed by atoms with Crippen LogP contribution in [0.1, 0.15) is 56.4 Å². The summed E-state index contributed by atoms with van der Waals surface area (Å²) in [6.07, 6.45) is 8.55. The van der Waals surface area contributed by atoms with Gasteiger partial charge < -0.3 is 9.47 Å². The highest BCUT2D eigenvalue weighted by Crippen LogP contribution is 2.51. The highest BCUT2D eigenvalue weighted by Gasteiger charge is 2.47. The Hall–Kier alpha value is -1.33. The lowest BCUT2D eigenvalue weighted by atomic mass is 9.95. The molecular formula is C20H23ClN2O2S. The van der Waals surface area contributed by atoms with Crippen LogP contribution in [-0.4, -0.2) is 21.0 Å². The van der Waals surface area contributed by atoms with Gasteiger partial charge in [-0.1, -0.05) is 23.7 Å². The molecule has 3 aliphatic carbocycles. The number of fused-ring (bicyclic) bond motifs is 2. The van der Waals surface area contributed by atoms with E-state index < -0.39 is 0 Å². The van der Waals surface area contributed by atoms with Gasteiger partial charge in [0, 0.05) is 10.9 Å². The molecule has 0 radical (unpaired) electrons. The van der Waals surface area contributed by atoms with Crippen LogP contribution in [0.4, 0.5) is 0 Å². The Morgan fingerprint density at radius 3 is 2.46 bits per heavy atom. The zero-order valence-corrected chi connectivity index (χ0v) is 16.3. The van der Waals surface area contributed by atoms with Crippen molar-refractivity contribution in [1.29, 1.82) is 0 Å². The van der Waals surface area contributed by atoms with Crippen molar-refractivity contribution in [2.45, 2.75) is 56.5 Å². The maximum absolute atomic E-state index is 6.35. The fraction of sp³-hybridized carbons (Fsp3) is 0.600.